The summed E-state index contributed by atoms with van der Waals surface area (Å²) in [5.74, 6) is 0. The van der Waals surface area contributed by atoms with Gasteiger partial charge in [0.15, 0.2) is 0 Å². The average Bonchev–Trinajstić information content (AvgIpc) is 3.12. The van der Waals surface area contributed by atoms with Gasteiger partial charge in [-0.25, -0.2) is 4.98 Å². The van der Waals surface area contributed by atoms with Crippen LogP contribution in [0.15, 0.2) is 71.7 Å². The summed E-state index contributed by atoms with van der Waals surface area (Å²) >= 11 is 0. The second-order valence-corrected chi connectivity index (χ2v) is 6.99. The lowest BCUT2D eigenvalue weighted by Crippen LogP contribution is -2.13. The molecule has 0 saturated carbocycles. The average molecular weight is 356 g/mol. The van der Waals surface area contributed by atoms with Gasteiger partial charge in [-0.05, 0) is 51.3 Å². The van der Waals surface area contributed by atoms with Gasteiger partial charge in [0.25, 0.3) is 0 Å². The van der Waals surface area contributed by atoms with E-state index in [2.05, 4.69) is 83.0 Å². The molecule has 0 unspecified atom stereocenters. The number of rotatable bonds is 6. The predicted molar refractivity (Wildman–Crippen MR) is 114 cm³/mol. The number of benzene rings is 2. The van der Waals surface area contributed by atoms with E-state index < -0.39 is 0 Å². The van der Waals surface area contributed by atoms with Crippen LogP contribution in [0.2, 0.25) is 0 Å². The van der Waals surface area contributed by atoms with Crippen LogP contribution in [0.3, 0.4) is 0 Å². The van der Waals surface area contributed by atoms with Crippen LogP contribution in [0.5, 0.6) is 0 Å². The van der Waals surface area contributed by atoms with Crippen LogP contribution in [-0.2, 0) is 0 Å². The zero-order chi connectivity index (χ0) is 18.6. The van der Waals surface area contributed by atoms with Gasteiger partial charge in [0.1, 0.15) is 0 Å². The van der Waals surface area contributed by atoms with Crippen molar-refractivity contribution in [2.75, 3.05) is 27.2 Å². The van der Waals surface area contributed by atoms with Crippen LogP contribution in [0.1, 0.15) is 12.1 Å². The van der Waals surface area contributed by atoms with Crippen molar-refractivity contribution in [3.63, 3.8) is 0 Å². The second-order valence-electron chi connectivity index (χ2n) is 6.99. The largest absolute Gasteiger partial charge is 0.309 e. The quantitative estimate of drug-likeness (QED) is 0.376. The highest BCUT2D eigenvalue weighted by Crippen LogP contribution is 2.28. The molecule has 0 aliphatic rings. The third-order valence-electron chi connectivity index (χ3n) is 4.67. The lowest BCUT2D eigenvalue weighted by Gasteiger charge is -2.10. The fourth-order valence-corrected chi connectivity index (χ4v) is 3.38. The molecule has 0 atom stereocenters. The predicted octanol–water partition coefficient (Wildman–Crippen LogP) is 4.53. The van der Waals surface area contributed by atoms with Gasteiger partial charge in [-0.1, -0.05) is 42.5 Å². The van der Waals surface area contributed by atoms with Crippen molar-refractivity contribution in [2.45, 2.75) is 6.42 Å². The smallest absolute Gasteiger partial charge is 0.0950 e. The molecule has 4 rings (SSSR count). The van der Waals surface area contributed by atoms with E-state index in [0.717, 1.165) is 53.0 Å². The summed E-state index contributed by atoms with van der Waals surface area (Å²) in [4.78, 5) is 11.8. The Bertz CT molecular complexity index is 1080. The van der Waals surface area contributed by atoms with E-state index in [9.17, 15) is 0 Å². The SMILES string of the molecule is CN(C)CCCN=Cc1ccc2c(-c3ccccc3)nc3ccccc3n12. The molecule has 2 aromatic heterocycles. The summed E-state index contributed by atoms with van der Waals surface area (Å²) in [5.41, 5.74) is 6.41. The number of para-hydroxylation sites is 2. The van der Waals surface area contributed by atoms with Crippen LogP contribution in [-0.4, -0.2) is 47.7 Å². The lowest BCUT2D eigenvalue weighted by atomic mass is 10.1. The number of hydrogen-bond acceptors (Lipinski definition) is 3. The first kappa shape index (κ1) is 17.4. The number of fused-ring (bicyclic) bond motifs is 3. The third-order valence-corrected chi connectivity index (χ3v) is 4.67. The van der Waals surface area contributed by atoms with Crippen molar-refractivity contribution in [3.8, 4) is 11.3 Å². The van der Waals surface area contributed by atoms with Gasteiger partial charge in [-0.2, -0.15) is 0 Å². The zero-order valence-electron chi connectivity index (χ0n) is 15.8. The van der Waals surface area contributed by atoms with E-state index in [1.165, 1.54) is 0 Å². The minimum Gasteiger partial charge on any atom is -0.309 e. The first-order valence-electron chi connectivity index (χ1n) is 9.34. The summed E-state index contributed by atoms with van der Waals surface area (Å²) in [6.45, 7) is 1.89. The molecule has 0 aliphatic heterocycles. The highest BCUT2D eigenvalue weighted by atomic mass is 15.0. The number of aliphatic imine (C=N–C) groups is 1. The van der Waals surface area contributed by atoms with E-state index in [4.69, 9.17) is 4.98 Å². The van der Waals surface area contributed by atoms with Crippen molar-refractivity contribution in [1.29, 1.82) is 0 Å². The summed E-state index contributed by atoms with van der Waals surface area (Å²) < 4.78 is 2.26. The molecule has 27 heavy (non-hydrogen) atoms. The molecule has 4 heteroatoms. The Hall–Kier alpha value is -2.98. The molecule has 0 fully saturated rings. The molecule has 0 aliphatic carbocycles. The standard InChI is InChI=1S/C23H24N4/c1-26(2)16-8-15-24-17-19-13-14-22-23(18-9-4-3-5-10-18)25-20-11-6-7-12-21(20)27(19)22/h3-7,9-14,17H,8,15-16H2,1-2H3. The molecule has 4 aromatic rings. The number of nitrogens with zero attached hydrogens (tertiary/aromatic N) is 4. The molecule has 0 N–H and O–H groups in total. The highest BCUT2D eigenvalue weighted by Gasteiger charge is 2.12. The molecular formula is C23H24N4. The zero-order valence-corrected chi connectivity index (χ0v) is 15.8. The van der Waals surface area contributed by atoms with E-state index in [-0.39, 0.29) is 0 Å². The summed E-state index contributed by atoms with van der Waals surface area (Å²) in [6.07, 6.45) is 3.05. The van der Waals surface area contributed by atoms with Gasteiger partial charge < -0.3 is 9.30 Å². The third kappa shape index (κ3) is 3.62. The minimum absolute atomic E-state index is 0.833. The molecule has 0 radical (unpaired) electrons. The van der Waals surface area contributed by atoms with Gasteiger partial charge in [0.05, 0.1) is 27.9 Å². The van der Waals surface area contributed by atoms with Crippen LogP contribution in [0.4, 0.5) is 0 Å². The van der Waals surface area contributed by atoms with Gasteiger partial charge in [-0.3, -0.25) is 4.99 Å². The van der Waals surface area contributed by atoms with E-state index in [1.54, 1.807) is 0 Å². The van der Waals surface area contributed by atoms with Gasteiger partial charge in [0.2, 0.25) is 0 Å². The van der Waals surface area contributed by atoms with Gasteiger partial charge >= 0.3 is 0 Å². The number of aromatic nitrogens is 2. The Morgan fingerprint density at radius 1 is 0.926 bits per heavy atom. The first-order valence-corrected chi connectivity index (χ1v) is 9.34. The minimum atomic E-state index is 0.833. The van der Waals surface area contributed by atoms with Gasteiger partial charge in [0, 0.05) is 18.3 Å². The Labute approximate surface area is 159 Å². The Morgan fingerprint density at radius 2 is 1.70 bits per heavy atom. The maximum atomic E-state index is 4.95. The molecule has 0 amide bonds. The van der Waals surface area contributed by atoms with Crippen molar-refractivity contribution in [2.24, 2.45) is 4.99 Å². The van der Waals surface area contributed by atoms with Crippen LogP contribution in [0.25, 0.3) is 27.8 Å². The van der Waals surface area contributed by atoms with E-state index in [0.29, 0.717) is 0 Å². The topological polar surface area (TPSA) is 32.9 Å². The summed E-state index contributed by atoms with van der Waals surface area (Å²) in [6, 6.07) is 22.9. The second kappa shape index (κ2) is 7.72. The monoisotopic (exact) mass is 356 g/mol. The van der Waals surface area contributed by atoms with Crippen LogP contribution >= 0.6 is 0 Å². The molecule has 136 valence electrons. The molecule has 0 spiro atoms. The van der Waals surface area contributed by atoms with Crippen molar-refractivity contribution < 1.29 is 0 Å². The lowest BCUT2D eigenvalue weighted by molar-refractivity contribution is 0.403. The molecule has 2 heterocycles. The molecular weight excluding hydrogens is 332 g/mol. The molecule has 0 saturated heterocycles. The summed E-state index contributed by atoms with van der Waals surface area (Å²) in [5, 5.41) is 0. The maximum absolute atomic E-state index is 4.95. The Balaban J connectivity index is 1.80. The van der Waals surface area contributed by atoms with E-state index in [1.807, 2.05) is 18.3 Å². The molecule has 0 bridgehead atoms. The van der Waals surface area contributed by atoms with Crippen molar-refractivity contribution in [3.05, 3.63) is 72.4 Å². The number of hydrogen-bond donors (Lipinski definition) is 0. The molecule has 4 nitrogen and oxygen atoms in total. The van der Waals surface area contributed by atoms with Crippen molar-refractivity contribution in [1.82, 2.24) is 14.3 Å². The normalized spacial score (nSPS) is 12.0. The Kier molecular flexibility index (Phi) is 4.99. The fourth-order valence-electron chi connectivity index (χ4n) is 3.38. The fraction of sp³-hybridized carbons (Fsp3) is 0.217. The van der Waals surface area contributed by atoms with Crippen LogP contribution in [0, 0.1) is 0 Å². The highest BCUT2D eigenvalue weighted by molar-refractivity contribution is 5.92. The molecule has 2 aromatic carbocycles. The van der Waals surface area contributed by atoms with E-state index >= 15 is 0 Å². The van der Waals surface area contributed by atoms with Crippen molar-refractivity contribution >= 4 is 22.8 Å². The Morgan fingerprint density at radius 3 is 2.52 bits per heavy atom. The first-order chi connectivity index (χ1) is 13.2. The van der Waals surface area contributed by atoms with Crippen LogP contribution < -0.4 is 0 Å². The maximum Gasteiger partial charge on any atom is 0.0950 e. The van der Waals surface area contributed by atoms with Gasteiger partial charge in [-0.15, -0.1) is 0 Å². The summed E-state index contributed by atoms with van der Waals surface area (Å²) in [7, 11) is 4.18.